The number of ether oxygens (including phenoxy) is 1. The molecule has 2 aliphatic carbocycles. The van der Waals surface area contributed by atoms with Crippen molar-refractivity contribution in [2.75, 3.05) is 24.6 Å². The summed E-state index contributed by atoms with van der Waals surface area (Å²) in [6.45, 7) is 5.53. The number of aliphatic hydroxyl groups is 1. The van der Waals surface area contributed by atoms with Crippen LogP contribution in [0.2, 0.25) is 5.02 Å². The second kappa shape index (κ2) is 12.8. The van der Waals surface area contributed by atoms with Gasteiger partial charge in [0.15, 0.2) is 0 Å². The lowest BCUT2D eigenvalue weighted by Crippen LogP contribution is -2.49. The molecule has 0 unspecified atom stereocenters. The molecule has 3 aliphatic rings. The Labute approximate surface area is 259 Å². The van der Waals surface area contributed by atoms with Crippen molar-refractivity contribution in [3.05, 3.63) is 70.3 Å². The first-order chi connectivity index (χ1) is 20.4. The van der Waals surface area contributed by atoms with Crippen molar-refractivity contribution in [1.29, 1.82) is 0 Å². The number of aromatic carboxylic acids is 1. The zero-order valence-corrected chi connectivity index (χ0v) is 26.5. The molecule has 234 valence electrons. The first kappa shape index (κ1) is 31.8. The fourth-order valence-electron chi connectivity index (χ4n) is 7.49. The number of carboxylic acid groups (broad SMARTS) is 1. The van der Waals surface area contributed by atoms with Crippen molar-refractivity contribution in [2.24, 2.45) is 22.9 Å². The molecule has 0 saturated heterocycles. The van der Waals surface area contributed by atoms with Gasteiger partial charge in [-0.2, -0.15) is 0 Å². The van der Waals surface area contributed by atoms with Crippen LogP contribution in [-0.2, 0) is 21.9 Å². The number of sulfonamides is 1. The van der Waals surface area contributed by atoms with E-state index >= 15 is 0 Å². The molecule has 0 amide bonds. The molecule has 1 saturated carbocycles. The van der Waals surface area contributed by atoms with Gasteiger partial charge in [-0.1, -0.05) is 43.7 Å². The molecule has 1 spiro atoms. The van der Waals surface area contributed by atoms with Gasteiger partial charge >= 0.3 is 5.97 Å². The van der Waals surface area contributed by atoms with E-state index in [-0.39, 0.29) is 28.7 Å². The van der Waals surface area contributed by atoms with Crippen molar-refractivity contribution in [3.8, 4) is 5.75 Å². The highest BCUT2D eigenvalue weighted by atomic mass is 35.5. The van der Waals surface area contributed by atoms with Crippen LogP contribution in [0.4, 0.5) is 5.69 Å². The number of nitrogens with zero attached hydrogens (tertiary/aromatic N) is 1. The van der Waals surface area contributed by atoms with E-state index in [2.05, 4.69) is 17.0 Å². The van der Waals surface area contributed by atoms with Crippen molar-refractivity contribution in [1.82, 2.24) is 0 Å². The smallest absolute Gasteiger partial charge is 0.335 e. The number of hydrogen-bond acceptors (Lipinski definition) is 6. The van der Waals surface area contributed by atoms with E-state index in [9.17, 15) is 23.4 Å². The summed E-state index contributed by atoms with van der Waals surface area (Å²) in [6, 6.07) is 11.2. The second-order valence-electron chi connectivity index (χ2n) is 12.8. The lowest BCUT2D eigenvalue weighted by Gasteiger charge is -2.45. The van der Waals surface area contributed by atoms with Gasteiger partial charge in [0.2, 0.25) is 10.0 Å². The van der Waals surface area contributed by atoms with Gasteiger partial charge in [0.05, 0.1) is 29.2 Å². The predicted molar refractivity (Wildman–Crippen MR) is 170 cm³/mol. The second-order valence-corrected chi connectivity index (χ2v) is 15.0. The summed E-state index contributed by atoms with van der Waals surface area (Å²) in [5.41, 5.74) is 3.20. The van der Waals surface area contributed by atoms with Gasteiger partial charge < -0.3 is 19.8 Å². The van der Waals surface area contributed by atoms with Crippen LogP contribution in [0.5, 0.6) is 5.75 Å². The molecule has 0 bridgehead atoms. The maximum atomic E-state index is 11.9. The summed E-state index contributed by atoms with van der Waals surface area (Å²) in [7, 11) is -3.62. The van der Waals surface area contributed by atoms with Gasteiger partial charge in [0.1, 0.15) is 5.75 Å². The van der Waals surface area contributed by atoms with E-state index in [1.807, 2.05) is 26.0 Å². The third-order valence-corrected chi connectivity index (χ3v) is 11.8. The molecular formula is C33H43ClN2O6S. The van der Waals surface area contributed by atoms with E-state index in [0.717, 1.165) is 42.8 Å². The van der Waals surface area contributed by atoms with Crippen molar-refractivity contribution in [2.45, 2.75) is 75.6 Å². The Balaban J connectivity index is 1.37. The van der Waals surface area contributed by atoms with Crippen LogP contribution >= 0.6 is 11.6 Å². The molecule has 0 radical (unpaired) electrons. The minimum absolute atomic E-state index is 0.0513. The number of allylic oxidation sites excluding steroid dienone is 1. The number of rotatable bonds is 10. The van der Waals surface area contributed by atoms with Gasteiger partial charge in [0.25, 0.3) is 0 Å². The quantitative estimate of drug-likeness (QED) is 0.294. The van der Waals surface area contributed by atoms with Crippen molar-refractivity contribution < 1.29 is 28.2 Å². The molecular weight excluding hydrogens is 588 g/mol. The average molecular weight is 631 g/mol. The Hall–Kier alpha value is -2.59. The summed E-state index contributed by atoms with van der Waals surface area (Å²) in [4.78, 5) is 14.2. The molecule has 2 aromatic rings. The number of aryl methyl sites for hydroxylation is 1. The van der Waals surface area contributed by atoms with E-state index < -0.39 is 27.3 Å². The Morgan fingerprint density at radius 2 is 2.05 bits per heavy atom. The standard InChI is InChI=1S/C33H43ClN2O6S/c1-3-31(43(35,40)41)21(2)6-4-8-29(37)26-12-9-24(26)18-36-19-33(15-5-7-22-16-25(34)11-13-27(22)33)20-42-30-14-10-23(32(38)39)17-28(30)36/h4,8,10-11,13-14,16-17,21,24,26,29,31,37H,3,5-7,9,12,15,18-20H2,1-2H3,(H,38,39)(H2,35,40,41)/b8-4+/t21-,24-,26+,29-,31-,33-/m0/s1. The van der Waals surface area contributed by atoms with Crippen LogP contribution in [0.3, 0.4) is 0 Å². The third kappa shape index (κ3) is 6.75. The van der Waals surface area contributed by atoms with Gasteiger partial charge in [-0.3, -0.25) is 0 Å². The molecule has 5 rings (SSSR count). The Morgan fingerprint density at radius 1 is 1.26 bits per heavy atom. The van der Waals surface area contributed by atoms with Crippen LogP contribution in [-0.4, -0.2) is 55.7 Å². The SMILES string of the molecule is CC[C@@H]([C@@H](C)C/C=C/[C@H](O)[C@@H]1CC[C@H]1CN1C[C@@]2(CCCc3cc(Cl)ccc32)COc2ccc(C(=O)O)cc21)S(N)(=O)=O. The molecule has 10 heteroatoms. The largest absolute Gasteiger partial charge is 0.490 e. The molecule has 1 fully saturated rings. The van der Waals surface area contributed by atoms with Crippen LogP contribution in [0.25, 0.3) is 0 Å². The molecule has 1 aliphatic heterocycles. The molecule has 4 N–H and O–H groups in total. The molecule has 6 atom stereocenters. The average Bonchev–Trinajstić information content (AvgIpc) is 3.07. The van der Waals surface area contributed by atoms with Gasteiger partial charge in [-0.05, 0) is 104 Å². The normalized spacial score (nSPS) is 25.7. The Kier molecular flexibility index (Phi) is 9.47. The zero-order chi connectivity index (χ0) is 30.9. The Bertz CT molecular complexity index is 1480. The third-order valence-electron chi connectivity index (χ3n) is 9.95. The van der Waals surface area contributed by atoms with Crippen LogP contribution in [0, 0.1) is 17.8 Å². The molecule has 8 nitrogen and oxygen atoms in total. The number of carboxylic acids is 1. The monoisotopic (exact) mass is 630 g/mol. The lowest BCUT2D eigenvalue weighted by molar-refractivity contribution is 0.0455. The van der Waals surface area contributed by atoms with E-state index in [1.54, 1.807) is 24.3 Å². The van der Waals surface area contributed by atoms with Gasteiger partial charge in [-0.25, -0.2) is 18.4 Å². The minimum Gasteiger partial charge on any atom is -0.490 e. The van der Waals surface area contributed by atoms with Crippen molar-refractivity contribution >= 4 is 33.3 Å². The number of anilines is 1. The van der Waals surface area contributed by atoms with Gasteiger partial charge in [-0.15, -0.1) is 0 Å². The van der Waals surface area contributed by atoms with Crippen LogP contribution < -0.4 is 14.8 Å². The molecule has 2 aromatic carbocycles. The van der Waals surface area contributed by atoms with Crippen molar-refractivity contribution in [3.63, 3.8) is 0 Å². The number of benzene rings is 2. The van der Waals surface area contributed by atoms with E-state index in [1.165, 1.54) is 11.1 Å². The number of aliphatic hydroxyl groups excluding tert-OH is 1. The number of carbonyl (C=O) groups is 1. The summed E-state index contributed by atoms with van der Waals surface area (Å²) in [5, 5.41) is 26.4. The number of hydrogen-bond donors (Lipinski definition) is 3. The summed E-state index contributed by atoms with van der Waals surface area (Å²) in [6.07, 6.45) is 8.77. The molecule has 43 heavy (non-hydrogen) atoms. The fraction of sp³-hybridized carbons (Fsp3) is 0.545. The number of fused-ring (bicyclic) bond motifs is 3. The molecule has 1 heterocycles. The van der Waals surface area contributed by atoms with E-state index in [0.29, 0.717) is 38.3 Å². The summed E-state index contributed by atoms with van der Waals surface area (Å²) >= 11 is 6.36. The maximum Gasteiger partial charge on any atom is 0.335 e. The zero-order valence-electron chi connectivity index (χ0n) is 24.9. The van der Waals surface area contributed by atoms with Gasteiger partial charge in [0, 0.05) is 23.5 Å². The first-order valence-corrected chi connectivity index (χ1v) is 17.3. The topological polar surface area (TPSA) is 130 Å². The number of nitrogens with two attached hydrogens (primary N) is 1. The highest BCUT2D eigenvalue weighted by molar-refractivity contribution is 7.89. The number of primary sulfonamides is 1. The predicted octanol–water partition coefficient (Wildman–Crippen LogP) is 5.55. The Morgan fingerprint density at radius 3 is 2.72 bits per heavy atom. The fourth-order valence-corrected chi connectivity index (χ4v) is 8.90. The number of halogens is 1. The first-order valence-electron chi connectivity index (χ1n) is 15.3. The van der Waals surface area contributed by atoms with Crippen LogP contribution in [0.1, 0.15) is 73.9 Å². The highest BCUT2D eigenvalue weighted by Crippen LogP contribution is 2.46. The van der Waals surface area contributed by atoms with Crippen LogP contribution in [0.15, 0.2) is 48.6 Å². The lowest BCUT2D eigenvalue weighted by atomic mass is 9.68. The maximum absolute atomic E-state index is 11.9. The summed E-state index contributed by atoms with van der Waals surface area (Å²) in [5.74, 6) is -0.204. The minimum atomic E-state index is -3.62. The van der Waals surface area contributed by atoms with E-state index in [4.69, 9.17) is 21.5 Å². The summed E-state index contributed by atoms with van der Waals surface area (Å²) < 4.78 is 30.3. The molecule has 0 aromatic heterocycles. The highest BCUT2D eigenvalue weighted by Gasteiger charge is 2.44.